The number of halogens is 2. The number of hydrogen-bond donors (Lipinski definition) is 2. The van der Waals surface area contributed by atoms with Gasteiger partial charge in [0.2, 0.25) is 0 Å². The molecule has 1 aromatic carbocycles. The van der Waals surface area contributed by atoms with Crippen molar-refractivity contribution < 1.29 is 4.39 Å². The van der Waals surface area contributed by atoms with Crippen molar-refractivity contribution in [3.63, 3.8) is 0 Å². The smallest absolute Gasteiger partial charge is 0.120 e. The fraction of sp³-hybridized carbons (Fsp3) is 0.231. The van der Waals surface area contributed by atoms with Gasteiger partial charge in [-0.2, -0.15) is 0 Å². The zero-order chi connectivity index (χ0) is 12.5. The van der Waals surface area contributed by atoms with Crippen LogP contribution in [0.2, 0.25) is 0 Å². The third-order valence-corrected chi connectivity index (χ3v) is 3.44. The normalized spacial score (nSPS) is 28.0. The summed E-state index contributed by atoms with van der Waals surface area (Å²) in [4.78, 5) is 0. The largest absolute Gasteiger partial charge is 0.323 e. The highest BCUT2D eigenvalue weighted by atomic mass is 79.9. The third-order valence-electron chi connectivity index (χ3n) is 2.91. The molecule has 17 heavy (non-hydrogen) atoms. The molecule has 0 amide bonds. The van der Waals surface area contributed by atoms with Gasteiger partial charge in [-0.3, -0.25) is 0 Å². The van der Waals surface area contributed by atoms with E-state index in [1.807, 2.05) is 24.3 Å². The lowest BCUT2D eigenvalue weighted by Crippen LogP contribution is -2.55. The summed E-state index contributed by atoms with van der Waals surface area (Å²) in [5.41, 5.74) is 12.3. The van der Waals surface area contributed by atoms with E-state index >= 15 is 0 Å². The molecule has 90 valence electrons. The summed E-state index contributed by atoms with van der Waals surface area (Å²) in [7, 11) is 0. The number of hydrogen-bond acceptors (Lipinski definition) is 2. The fourth-order valence-corrected chi connectivity index (χ4v) is 2.16. The average Bonchev–Trinajstić information content (AvgIpc) is 2.27. The van der Waals surface area contributed by atoms with Crippen LogP contribution in [0.3, 0.4) is 0 Å². The van der Waals surface area contributed by atoms with Gasteiger partial charge >= 0.3 is 0 Å². The topological polar surface area (TPSA) is 52.0 Å². The summed E-state index contributed by atoms with van der Waals surface area (Å²) in [5, 5.41) is 0. The minimum absolute atomic E-state index is 0.327. The molecule has 0 aromatic heterocycles. The van der Waals surface area contributed by atoms with E-state index in [0.717, 1.165) is 10.0 Å². The molecular formula is C13H14BrFN2. The second kappa shape index (κ2) is 4.72. The molecule has 2 atom stereocenters. The molecule has 2 nitrogen and oxygen atoms in total. The molecule has 0 saturated heterocycles. The quantitative estimate of drug-likeness (QED) is 0.881. The van der Waals surface area contributed by atoms with Gasteiger partial charge < -0.3 is 11.5 Å². The predicted octanol–water partition coefficient (Wildman–Crippen LogP) is 2.44. The zero-order valence-corrected chi connectivity index (χ0v) is 10.8. The van der Waals surface area contributed by atoms with Crippen molar-refractivity contribution in [3.8, 4) is 0 Å². The zero-order valence-electron chi connectivity index (χ0n) is 9.24. The van der Waals surface area contributed by atoms with Crippen molar-refractivity contribution in [1.82, 2.24) is 0 Å². The van der Waals surface area contributed by atoms with Gasteiger partial charge in [0, 0.05) is 10.5 Å². The van der Waals surface area contributed by atoms with E-state index in [1.165, 1.54) is 12.2 Å². The Kier molecular flexibility index (Phi) is 3.47. The van der Waals surface area contributed by atoms with Crippen LogP contribution in [0.4, 0.5) is 4.39 Å². The third kappa shape index (κ3) is 2.83. The Morgan fingerprint density at radius 1 is 1.29 bits per heavy atom. The van der Waals surface area contributed by atoms with Crippen LogP contribution in [0.5, 0.6) is 0 Å². The van der Waals surface area contributed by atoms with Gasteiger partial charge in [-0.05, 0) is 36.3 Å². The molecule has 0 fully saturated rings. The van der Waals surface area contributed by atoms with Gasteiger partial charge in [-0.15, -0.1) is 0 Å². The van der Waals surface area contributed by atoms with E-state index < -0.39 is 5.54 Å². The molecule has 0 spiro atoms. The van der Waals surface area contributed by atoms with Crippen molar-refractivity contribution in [2.45, 2.75) is 18.0 Å². The van der Waals surface area contributed by atoms with Crippen molar-refractivity contribution in [2.75, 3.05) is 0 Å². The Labute approximate surface area is 108 Å². The molecule has 4 heteroatoms. The molecule has 0 radical (unpaired) electrons. The second-order valence-corrected chi connectivity index (χ2v) is 5.25. The molecule has 0 aliphatic heterocycles. The van der Waals surface area contributed by atoms with Crippen LogP contribution >= 0.6 is 15.9 Å². The highest BCUT2D eigenvalue weighted by Gasteiger charge is 2.31. The van der Waals surface area contributed by atoms with E-state index in [-0.39, 0.29) is 11.9 Å². The van der Waals surface area contributed by atoms with E-state index in [1.54, 1.807) is 6.08 Å². The maximum Gasteiger partial charge on any atom is 0.120 e. The molecule has 4 N–H and O–H groups in total. The first-order valence-corrected chi connectivity index (χ1v) is 6.14. The molecule has 0 bridgehead atoms. The van der Waals surface area contributed by atoms with Crippen molar-refractivity contribution in [3.05, 3.63) is 58.4 Å². The standard InChI is InChI=1S/C13H14BrFN2/c14-10-3-1-9(2-4-10)7-13(17)8-11(15)5-6-12(13)16/h1-6,8,12H,7,16-17H2. The number of benzene rings is 1. The van der Waals surface area contributed by atoms with Crippen LogP contribution < -0.4 is 11.5 Å². The lowest BCUT2D eigenvalue weighted by molar-refractivity contribution is 0.449. The summed E-state index contributed by atoms with van der Waals surface area (Å²) in [5.74, 6) is -0.327. The van der Waals surface area contributed by atoms with Crippen molar-refractivity contribution >= 4 is 15.9 Å². The minimum Gasteiger partial charge on any atom is -0.323 e. The van der Waals surface area contributed by atoms with Crippen LogP contribution in [0.15, 0.2) is 52.8 Å². The lowest BCUT2D eigenvalue weighted by Gasteiger charge is -2.33. The lowest BCUT2D eigenvalue weighted by atomic mass is 9.82. The van der Waals surface area contributed by atoms with Gasteiger partial charge in [0.05, 0.1) is 5.54 Å². The van der Waals surface area contributed by atoms with Gasteiger partial charge in [0.15, 0.2) is 0 Å². The van der Waals surface area contributed by atoms with Crippen molar-refractivity contribution in [2.24, 2.45) is 11.5 Å². The first-order chi connectivity index (χ1) is 7.99. The SMILES string of the molecule is NC1C=CC(F)=CC1(N)Cc1ccc(Br)cc1. The molecule has 1 aliphatic carbocycles. The fourth-order valence-electron chi connectivity index (χ4n) is 1.90. The summed E-state index contributed by atoms with van der Waals surface area (Å²) in [6.07, 6.45) is 4.88. The molecule has 0 saturated carbocycles. The molecular weight excluding hydrogens is 283 g/mol. The van der Waals surface area contributed by atoms with Crippen LogP contribution in [0, 0.1) is 0 Å². The maximum absolute atomic E-state index is 13.3. The van der Waals surface area contributed by atoms with Crippen molar-refractivity contribution in [1.29, 1.82) is 0 Å². The van der Waals surface area contributed by atoms with Gasteiger partial charge in [-0.25, -0.2) is 4.39 Å². The van der Waals surface area contributed by atoms with E-state index in [4.69, 9.17) is 11.5 Å². The maximum atomic E-state index is 13.3. The molecule has 2 unspecified atom stereocenters. The molecule has 0 heterocycles. The van der Waals surface area contributed by atoms with Crippen LogP contribution in [-0.4, -0.2) is 11.6 Å². The Balaban J connectivity index is 2.22. The van der Waals surface area contributed by atoms with Gasteiger partial charge in [0.1, 0.15) is 5.83 Å². The highest BCUT2D eigenvalue weighted by Crippen LogP contribution is 2.24. The van der Waals surface area contributed by atoms with E-state index in [9.17, 15) is 4.39 Å². The first kappa shape index (κ1) is 12.5. The van der Waals surface area contributed by atoms with E-state index in [2.05, 4.69) is 15.9 Å². The highest BCUT2D eigenvalue weighted by molar-refractivity contribution is 9.10. The summed E-state index contributed by atoms with van der Waals surface area (Å²) in [6, 6.07) is 7.40. The number of allylic oxidation sites excluding steroid dienone is 2. The van der Waals surface area contributed by atoms with E-state index in [0.29, 0.717) is 6.42 Å². The summed E-state index contributed by atoms with van der Waals surface area (Å²) < 4.78 is 14.3. The number of nitrogens with two attached hydrogens (primary N) is 2. The minimum atomic E-state index is -0.855. The van der Waals surface area contributed by atoms with Crippen LogP contribution in [0.25, 0.3) is 0 Å². The predicted molar refractivity (Wildman–Crippen MR) is 71.1 cm³/mol. The van der Waals surface area contributed by atoms with Crippen LogP contribution in [-0.2, 0) is 6.42 Å². The van der Waals surface area contributed by atoms with Gasteiger partial charge in [0.25, 0.3) is 0 Å². The Morgan fingerprint density at radius 3 is 2.59 bits per heavy atom. The second-order valence-electron chi connectivity index (χ2n) is 4.33. The monoisotopic (exact) mass is 296 g/mol. The average molecular weight is 297 g/mol. The number of rotatable bonds is 2. The first-order valence-electron chi connectivity index (χ1n) is 5.35. The molecule has 1 aromatic rings. The Morgan fingerprint density at radius 2 is 1.94 bits per heavy atom. The Bertz CT molecular complexity index is 467. The summed E-state index contributed by atoms with van der Waals surface area (Å²) in [6.45, 7) is 0. The molecule has 1 aliphatic rings. The molecule has 2 rings (SSSR count). The Hall–Kier alpha value is -0.970. The van der Waals surface area contributed by atoms with Gasteiger partial charge in [-0.1, -0.05) is 34.1 Å². The van der Waals surface area contributed by atoms with Crippen LogP contribution in [0.1, 0.15) is 5.56 Å². The summed E-state index contributed by atoms with van der Waals surface area (Å²) >= 11 is 3.37.